The molecular formula is C9H16N4. The van der Waals surface area contributed by atoms with Crippen molar-refractivity contribution in [3.05, 3.63) is 18.0 Å². The minimum atomic E-state index is 0.281. The van der Waals surface area contributed by atoms with E-state index in [1.165, 1.54) is 12.0 Å². The number of nitrogens with two attached hydrogens (primary N) is 1. The monoisotopic (exact) mass is 180 g/mol. The van der Waals surface area contributed by atoms with Gasteiger partial charge in [0.25, 0.3) is 0 Å². The highest BCUT2D eigenvalue weighted by atomic mass is 15.3. The van der Waals surface area contributed by atoms with Crippen molar-refractivity contribution in [1.82, 2.24) is 15.2 Å². The normalized spacial score (nSPS) is 28.8. The third kappa shape index (κ3) is 1.59. The number of hydrogen-bond donors (Lipinski definition) is 2. The van der Waals surface area contributed by atoms with Gasteiger partial charge in [0.2, 0.25) is 0 Å². The van der Waals surface area contributed by atoms with E-state index in [9.17, 15) is 0 Å². The third-order valence-corrected chi connectivity index (χ3v) is 2.86. The summed E-state index contributed by atoms with van der Waals surface area (Å²) >= 11 is 0. The van der Waals surface area contributed by atoms with Crippen LogP contribution in [-0.4, -0.2) is 9.78 Å². The van der Waals surface area contributed by atoms with Gasteiger partial charge in [-0.25, -0.2) is 0 Å². The maximum Gasteiger partial charge on any atom is 0.0538 e. The van der Waals surface area contributed by atoms with Gasteiger partial charge in [-0.2, -0.15) is 5.10 Å². The predicted molar refractivity (Wildman–Crippen MR) is 50.5 cm³/mol. The lowest BCUT2D eigenvalue weighted by Gasteiger charge is -2.12. The van der Waals surface area contributed by atoms with Crippen molar-refractivity contribution in [3.63, 3.8) is 0 Å². The highest BCUT2D eigenvalue weighted by Crippen LogP contribution is 2.46. The molecule has 13 heavy (non-hydrogen) atoms. The quantitative estimate of drug-likeness (QED) is 0.528. The Balaban J connectivity index is 2.13. The summed E-state index contributed by atoms with van der Waals surface area (Å²) in [4.78, 5) is 0. The van der Waals surface area contributed by atoms with Gasteiger partial charge >= 0.3 is 0 Å². The fourth-order valence-electron chi connectivity index (χ4n) is 1.88. The van der Waals surface area contributed by atoms with Crippen LogP contribution in [0.3, 0.4) is 0 Å². The zero-order valence-corrected chi connectivity index (χ0v) is 8.07. The Morgan fingerprint density at radius 2 is 2.46 bits per heavy atom. The molecule has 1 aromatic heterocycles. The van der Waals surface area contributed by atoms with E-state index in [0.29, 0.717) is 5.92 Å². The molecule has 72 valence electrons. The lowest BCUT2D eigenvalue weighted by Crippen LogP contribution is -2.29. The standard InChI is InChI=1S/C9H16N4/c1-6-3-8(6)9(12-10)7-4-11-13(2)5-7/h4-6,8-9,12H,3,10H2,1-2H3. The maximum absolute atomic E-state index is 5.53. The Hall–Kier alpha value is -0.870. The average Bonchev–Trinajstić information content (AvgIpc) is 2.62. The van der Waals surface area contributed by atoms with Crippen molar-refractivity contribution in [1.29, 1.82) is 0 Å². The minimum absolute atomic E-state index is 0.281. The maximum atomic E-state index is 5.53. The van der Waals surface area contributed by atoms with Crippen LogP contribution in [0.2, 0.25) is 0 Å². The van der Waals surface area contributed by atoms with Crippen LogP contribution in [-0.2, 0) is 7.05 Å². The Kier molecular flexibility index (Phi) is 2.09. The summed E-state index contributed by atoms with van der Waals surface area (Å²) in [7, 11) is 1.92. The van der Waals surface area contributed by atoms with E-state index in [1.807, 2.05) is 24.1 Å². The molecule has 0 radical (unpaired) electrons. The van der Waals surface area contributed by atoms with E-state index in [-0.39, 0.29) is 6.04 Å². The summed E-state index contributed by atoms with van der Waals surface area (Å²) in [5, 5.41) is 4.14. The van der Waals surface area contributed by atoms with E-state index in [1.54, 1.807) is 0 Å². The molecule has 1 saturated carbocycles. The smallest absolute Gasteiger partial charge is 0.0538 e. The Morgan fingerprint density at radius 3 is 2.85 bits per heavy atom. The molecule has 3 N–H and O–H groups in total. The van der Waals surface area contributed by atoms with Gasteiger partial charge in [0.05, 0.1) is 12.2 Å². The second-order valence-corrected chi connectivity index (χ2v) is 3.97. The van der Waals surface area contributed by atoms with Crippen LogP contribution in [0, 0.1) is 11.8 Å². The molecule has 1 heterocycles. The van der Waals surface area contributed by atoms with Crippen LogP contribution in [0.25, 0.3) is 0 Å². The van der Waals surface area contributed by atoms with Crippen molar-refractivity contribution in [2.24, 2.45) is 24.7 Å². The first kappa shape index (κ1) is 8.72. The van der Waals surface area contributed by atoms with Crippen LogP contribution >= 0.6 is 0 Å². The number of hydrazine groups is 1. The van der Waals surface area contributed by atoms with Crippen molar-refractivity contribution in [3.8, 4) is 0 Å². The molecule has 0 aliphatic heterocycles. The summed E-state index contributed by atoms with van der Waals surface area (Å²) in [5.74, 6) is 7.01. The molecule has 1 aromatic rings. The molecule has 0 bridgehead atoms. The Morgan fingerprint density at radius 1 is 1.77 bits per heavy atom. The second-order valence-electron chi connectivity index (χ2n) is 3.97. The van der Waals surface area contributed by atoms with Crippen molar-refractivity contribution >= 4 is 0 Å². The fourth-order valence-corrected chi connectivity index (χ4v) is 1.88. The number of hydrogen-bond acceptors (Lipinski definition) is 3. The summed E-state index contributed by atoms with van der Waals surface area (Å²) < 4.78 is 1.81. The van der Waals surface area contributed by atoms with E-state index < -0.39 is 0 Å². The molecule has 0 saturated heterocycles. The van der Waals surface area contributed by atoms with Gasteiger partial charge in [-0.3, -0.25) is 16.0 Å². The van der Waals surface area contributed by atoms with Crippen molar-refractivity contribution in [2.45, 2.75) is 19.4 Å². The number of rotatable bonds is 3. The summed E-state index contributed by atoms with van der Waals surface area (Å²) in [5.41, 5.74) is 4.06. The zero-order valence-electron chi connectivity index (χ0n) is 8.07. The van der Waals surface area contributed by atoms with Gasteiger partial charge in [-0.15, -0.1) is 0 Å². The van der Waals surface area contributed by atoms with Crippen molar-refractivity contribution in [2.75, 3.05) is 0 Å². The van der Waals surface area contributed by atoms with Gasteiger partial charge in [0, 0.05) is 18.8 Å². The van der Waals surface area contributed by atoms with Crippen LogP contribution in [0.1, 0.15) is 24.9 Å². The first-order valence-corrected chi connectivity index (χ1v) is 4.67. The molecule has 1 fully saturated rings. The van der Waals surface area contributed by atoms with E-state index in [4.69, 9.17) is 5.84 Å². The van der Waals surface area contributed by atoms with E-state index >= 15 is 0 Å². The number of aromatic nitrogens is 2. The van der Waals surface area contributed by atoms with Crippen LogP contribution in [0.15, 0.2) is 12.4 Å². The molecule has 0 amide bonds. The molecule has 3 unspecified atom stereocenters. The van der Waals surface area contributed by atoms with Gasteiger partial charge in [0.1, 0.15) is 0 Å². The molecule has 2 rings (SSSR count). The number of nitrogens with zero attached hydrogens (tertiary/aromatic N) is 2. The van der Waals surface area contributed by atoms with Gasteiger partial charge < -0.3 is 0 Å². The van der Waals surface area contributed by atoms with Gasteiger partial charge in [0.15, 0.2) is 0 Å². The molecule has 4 heteroatoms. The van der Waals surface area contributed by atoms with Crippen LogP contribution in [0.4, 0.5) is 0 Å². The largest absolute Gasteiger partial charge is 0.275 e. The van der Waals surface area contributed by atoms with Gasteiger partial charge in [-0.1, -0.05) is 6.92 Å². The molecule has 1 aliphatic rings. The van der Waals surface area contributed by atoms with Gasteiger partial charge in [-0.05, 0) is 18.3 Å². The van der Waals surface area contributed by atoms with E-state index in [2.05, 4.69) is 17.4 Å². The third-order valence-electron chi connectivity index (χ3n) is 2.86. The molecule has 0 spiro atoms. The number of aryl methyl sites for hydroxylation is 1. The molecule has 3 atom stereocenters. The molecule has 4 nitrogen and oxygen atoms in total. The SMILES string of the molecule is CC1CC1C(NN)c1cnn(C)c1. The number of nitrogens with one attached hydrogen (secondary N) is 1. The fraction of sp³-hybridized carbons (Fsp3) is 0.667. The lowest BCUT2D eigenvalue weighted by atomic mass is 10.1. The minimum Gasteiger partial charge on any atom is -0.275 e. The Labute approximate surface area is 78.1 Å². The lowest BCUT2D eigenvalue weighted by molar-refractivity contribution is 0.475. The predicted octanol–water partition coefficient (Wildman–Crippen LogP) is 0.580. The molecule has 1 aliphatic carbocycles. The van der Waals surface area contributed by atoms with Crippen molar-refractivity contribution < 1.29 is 0 Å². The van der Waals surface area contributed by atoms with Crippen LogP contribution in [0.5, 0.6) is 0 Å². The second kappa shape index (κ2) is 3.12. The summed E-state index contributed by atoms with van der Waals surface area (Å²) in [6, 6.07) is 0.281. The molecular weight excluding hydrogens is 164 g/mol. The summed E-state index contributed by atoms with van der Waals surface area (Å²) in [6.45, 7) is 2.26. The topological polar surface area (TPSA) is 55.9 Å². The zero-order chi connectivity index (χ0) is 9.42. The summed E-state index contributed by atoms with van der Waals surface area (Å²) in [6.07, 6.45) is 5.18. The molecule has 0 aromatic carbocycles. The average molecular weight is 180 g/mol. The highest BCUT2D eigenvalue weighted by Gasteiger charge is 2.40. The van der Waals surface area contributed by atoms with Crippen LogP contribution < -0.4 is 11.3 Å². The first-order valence-electron chi connectivity index (χ1n) is 4.67. The highest BCUT2D eigenvalue weighted by molar-refractivity contribution is 5.14. The van der Waals surface area contributed by atoms with E-state index in [0.717, 1.165) is 5.92 Å². The Bertz CT molecular complexity index is 294. The first-order chi connectivity index (χ1) is 6.22.